The van der Waals surface area contributed by atoms with Gasteiger partial charge < -0.3 is 5.32 Å². The maximum Gasteiger partial charge on any atom is 0.131 e. The second-order valence-corrected chi connectivity index (χ2v) is 6.28. The van der Waals surface area contributed by atoms with Crippen molar-refractivity contribution in [2.45, 2.75) is 26.3 Å². The minimum absolute atomic E-state index is 0.269. The molecule has 1 aromatic heterocycles. The summed E-state index contributed by atoms with van der Waals surface area (Å²) < 4.78 is 28.5. The van der Waals surface area contributed by atoms with E-state index in [0.717, 1.165) is 29.1 Å². The Balaban J connectivity index is 2.46. The van der Waals surface area contributed by atoms with Crippen LogP contribution in [0.5, 0.6) is 0 Å². The van der Waals surface area contributed by atoms with Crippen LogP contribution >= 0.6 is 27.3 Å². The summed E-state index contributed by atoms with van der Waals surface area (Å²) in [4.78, 5) is 0. The van der Waals surface area contributed by atoms with Gasteiger partial charge in [0, 0.05) is 21.5 Å². The van der Waals surface area contributed by atoms with E-state index in [9.17, 15) is 8.78 Å². The molecule has 1 N–H and O–H groups in total. The number of halogens is 3. The standard InChI is InChI=1S/C15H16BrF2NS/c1-3-4-19-15(11-7-20-8-12(11)16)10-5-9(2)13(17)6-14(10)18/h5-8,15,19H,3-4H2,1-2H3. The fourth-order valence-corrected chi connectivity index (χ4v) is 3.63. The topological polar surface area (TPSA) is 12.0 Å². The van der Waals surface area contributed by atoms with Gasteiger partial charge in [0.05, 0.1) is 6.04 Å². The molecule has 0 spiro atoms. The first-order valence-electron chi connectivity index (χ1n) is 6.45. The average molecular weight is 360 g/mol. The fourth-order valence-electron chi connectivity index (χ4n) is 2.07. The molecule has 1 atom stereocenters. The van der Waals surface area contributed by atoms with Gasteiger partial charge in [0.25, 0.3) is 0 Å². The van der Waals surface area contributed by atoms with Crippen molar-refractivity contribution in [1.29, 1.82) is 0 Å². The highest BCUT2D eigenvalue weighted by Crippen LogP contribution is 2.33. The zero-order valence-corrected chi connectivity index (χ0v) is 13.7. The summed E-state index contributed by atoms with van der Waals surface area (Å²) in [6, 6.07) is 2.28. The summed E-state index contributed by atoms with van der Waals surface area (Å²) in [5.41, 5.74) is 1.92. The van der Waals surface area contributed by atoms with Crippen LogP contribution in [0.3, 0.4) is 0 Å². The van der Waals surface area contributed by atoms with Gasteiger partial charge in [0.2, 0.25) is 0 Å². The predicted octanol–water partition coefficient (Wildman–Crippen LogP) is 5.19. The van der Waals surface area contributed by atoms with Crippen LogP contribution < -0.4 is 5.32 Å². The van der Waals surface area contributed by atoms with E-state index in [0.29, 0.717) is 11.1 Å². The number of thiophene rings is 1. The summed E-state index contributed by atoms with van der Waals surface area (Å²) >= 11 is 5.04. The van der Waals surface area contributed by atoms with Crippen molar-refractivity contribution >= 4 is 27.3 Å². The molecule has 2 rings (SSSR count). The van der Waals surface area contributed by atoms with Crippen molar-refractivity contribution in [3.05, 3.63) is 55.7 Å². The molecule has 1 heterocycles. The van der Waals surface area contributed by atoms with Crippen LogP contribution in [-0.4, -0.2) is 6.54 Å². The van der Waals surface area contributed by atoms with Crippen LogP contribution in [0, 0.1) is 18.6 Å². The van der Waals surface area contributed by atoms with E-state index in [1.54, 1.807) is 24.3 Å². The van der Waals surface area contributed by atoms with Gasteiger partial charge in [0.15, 0.2) is 0 Å². The summed E-state index contributed by atoms with van der Waals surface area (Å²) in [5.74, 6) is -1.02. The van der Waals surface area contributed by atoms with Gasteiger partial charge in [-0.3, -0.25) is 0 Å². The Morgan fingerprint density at radius 2 is 1.95 bits per heavy atom. The molecule has 0 aliphatic carbocycles. The summed E-state index contributed by atoms with van der Waals surface area (Å²) in [7, 11) is 0. The first-order chi connectivity index (χ1) is 9.54. The number of hydrogen-bond acceptors (Lipinski definition) is 2. The van der Waals surface area contributed by atoms with Gasteiger partial charge in [-0.1, -0.05) is 6.92 Å². The minimum atomic E-state index is -0.514. The number of benzene rings is 1. The average Bonchev–Trinajstić information content (AvgIpc) is 2.82. The maximum atomic E-state index is 14.1. The van der Waals surface area contributed by atoms with Gasteiger partial charge in [-0.2, -0.15) is 11.3 Å². The van der Waals surface area contributed by atoms with Crippen LogP contribution in [0.2, 0.25) is 0 Å². The van der Waals surface area contributed by atoms with E-state index in [1.807, 2.05) is 10.8 Å². The molecule has 5 heteroatoms. The molecule has 2 aromatic rings. The monoisotopic (exact) mass is 359 g/mol. The van der Waals surface area contributed by atoms with E-state index in [2.05, 4.69) is 28.2 Å². The maximum absolute atomic E-state index is 14.1. The Hall–Kier alpha value is -0.780. The van der Waals surface area contributed by atoms with E-state index in [-0.39, 0.29) is 6.04 Å². The third kappa shape index (κ3) is 3.27. The molecule has 0 aliphatic rings. The zero-order valence-electron chi connectivity index (χ0n) is 11.3. The smallest absolute Gasteiger partial charge is 0.131 e. The second-order valence-electron chi connectivity index (χ2n) is 4.69. The van der Waals surface area contributed by atoms with E-state index < -0.39 is 11.6 Å². The molecule has 0 radical (unpaired) electrons. The van der Waals surface area contributed by atoms with Crippen molar-refractivity contribution in [2.24, 2.45) is 0 Å². The molecule has 0 bridgehead atoms. The van der Waals surface area contributed by atoms with Gasteiger partial charge in [-0.25, -0.2) is 8.78 Å². The van der Waals surface area contributed by atoms with E-state index in [1.165, 1.54) is 0 Å². The van der Waals surface area contributed by atoms with Crippen molar-refractivity contribution in [1.82, 2.24) is 5.32 Å². The molecule has 0 saturated heterocycles. The van der Waals surface area contributed by atoms with Gasteiger partial charge in [-0.15, -0.1) is 0 Å². The summed E-state index contributed by atoms with van der Waals surface area (Å²) in [5, 5.41) is 7.27. The number of hydrogen-bond donors (Lipinski definition) is 1. The molecule has 0 fully saturated rings. The highest BCUT2D eigenvalue weighted by Gasteiger charge is 2.21. The Bertz CT molecular complexity index is 598. The molecule has 108 valence electrons. The molecule has 0 amide bonds. The minimum Gasteiger partial charge on any atom is -0.306 e. The van der Waals surface area contributed by atoms with Crippen LogP contribution in [0.4, 0.5) is 8.78 Å². The molecular formula is C15H16BrF2NS. The highest BCUT2D eigenvalue weighted by molar-refractivity contribution is 9.10. The molecule has 0 saturated carbocycles. The van der Waals surface area contributed by atoms with Gasteiger partial charge in [0.1, 0.15) is 11.6 Å². The van der Waals surface area contributed by atoms with Gasteiger partial charge in [-0.05, 0) is 58.4 Å². The summed E-state index contributed by atoms with van der Waals surface area (Å²) in [6.07, 6.45) is 0.944. The third-order valence-electron chi connectivity index (χ3n) is 3.14. The quantitative estimate of drug-likeness (QED) is 0.774. The van der Waals surface area contributed by atoms with Crippen LogP contribution in [0.25, 0.3) is 0 Å². The lowest BCUT2D eigenvalue weighted by Crippen LogP contribution is -2.24. The Kier molecular flexibility index (Phi) is 5.29. The largest absolute Gasteiger partial charge is 0.306 e. The molecular weight excluding hydrogens is 344 g/mol. The van der Waals surface area contributed by atoms with Crippen LogP contribution in [0.15, 0.2) is 27.4 Å². The fraction of sp³-hybridized carbons (Fsp3) is 0.333. The van der Waals surface area contributed by atoms with Crippen molar-refractivity contribution in [2.75, 3.05) is 6.54 Å². The number of rotatable bonds is 5. The van der Waals surface area contributed by atoms with E-state index >= 15 is 0 Å². The summed E-state index contributed by atoms with van der Waals surface area (Å²) in [6.45, 7) is 4.47. The molecule has 1 unspecified atom stereocenters. The van der Waals surface area contributed by atoms with Crippen molar-refractivity contribution < 1.29 is 8.78 Å². The van der Waals surface area contributed by atoms with E-state index in [4.69, 9.17) is 0 Å². The van der Waals surface area contributed by atoms with Crippen LogP contribution in [0.1, 0.15) is 36.1 Å². The first kappa shape index (κ1) is 15.6. The van der Waals surface area contributed by atoms with Crippen molar-refractivity contribution in [3.63, 3.8) is 0 Å². The molecule has 20 heavy (non-hydrogen) atoms. The lowest BCUT2D eigenvalue weighted by molar-refractivity contribution is 0.530. The van der Waals surface area contributed by atoms with Crippen molar-refractivity contribution in [3.8, 4) is 0 Å². The lowest BCUT2D eigenvalue weighted by atomic mass is 9.98. The first-order valence-corrected chi connectivity index (χ1v) is 8.18. The molecule has 0 aliphatic heterocycles. The zero-order chi connectivity index (χ0) is 14.7. The highest BCUT2D eigenvalue weighted by atomic mass is 79.9. The third-order valence-corrected chi connectivity index (χ3v) is 4.89. The molecule has 1 aromatic carbocycles. The van der Waals surface area contributed by atoms with Gasteiger partial charge >= 0.3 is 0 Å². The van der Waals surface area contributed by atoms with Crippen LogP contribution in [-0.2, 0) is 0 Å². The number of nitrogens with one attached hydrogen (secondary N) is 1. The Labute approximate surface area is 130 Å². The lowest BCUT2D eigenvalue weighted by Gasteiger charge is -2.20. The Morgan fingerprint density at radius 1 is 1.20 bits per heavy atom. The predicted molar refractivity (Wildman–Crippen MR) is 83.3 cm³/mol. The number of aryl methyl sites for hydroxylation is 1. The Morgan fingerprint density at radius 3 is 2.55 bits per heavy atom. The second kappa shape index (κ2) is 6.78. The SMILES string of the molecule is CCCNC(c1cc(C)c(F)cc1F)c1cscc1Br. The molecule has 1 nitrogen and oxygen atoms in total. The normalized spacial score (nSPS) is 12.7.